The molecule has 7 nitrogen and oxygen atoms in total. The first-order valence-electron chi connectivity index (χ1n) is 12.8. The van der Waals surface area contributed by atoms with Gasteiger partial charge in [-0.25, -0.2) is 9.59 Å². The highest BCUT2D eigenvalue weighted by atomic mass is 16.5. The van der Waals surface area contributed by atoms with Gasteiger partial charge in [0.2, 0.25) is 5.91 Å². The fourth-order valence-electron chi connectivity index (χ4n) is 5.51. The van der Waals surface area contributed by atoms with Crippen LogP contribution >= 0.6 is 0 Å². The average molecular weight is 493 g/mol. The molecule has 2 amide bonds. The van der Waals surface area contributed by atoms with Crippen molar-refractivity contribution in [2.75, 3.05) is 6.61 Å². The molecule has 4 rings (SSSR count). The van der Waals surface area contributed by atoms with Crippen LogP contribution in [-0.4, -0.2) is 41.8 Å². The Labute approximate surface area is 212 Å². The van der Waals surface area contributed by atoms with Crippen LogP contribution in [0.2, 0.25) is 0 Å². The predicted octanol–water partition coefficient (Wildman–Crippen LogP) is 5.09. The Morgan fingerprint density at radius 3 is 2.00 bits per heavy atom. The van der Waals surface area contributed by atoms with Crippen molar-refractivity contribution in [2.45, 2.75) is 70.9 Å². The van der Waals surface area contributed by atoms with Gasteiger partial charge in [0.25, 0.3) is 0 Å². The summed E-state index contributed by atoms with van der Waals surface area (Å²) >= 11 is 0. The van der Waals surface area contributed by atoms with Gasteiger partial charge in [-0.1, -0.05) is 88.6 Å². The van der Waals surface area contributed by atoms with Gasteiger partial charge in [-0.05, 0) is 46.4 Å². The zero-order valence-electron chi connectivity index (χ0n) is 21.3. The molecule has 0 spiro atoms. The number of amides is 2. The van der Waals surface area contributed by atoms with E-state index in [1.54, 1.807) is 20.8 Å². The van der Waals surface area contributed by atoms with E-state index < -0.39 is 35.5 Å². The number of hydrogen-bond acceptors (Lipinski definition) is 4. The molecule has 3 N–H and O–H groups in total. The van der Waals surface area contributed by atoms with E-state index in [9.17, 15) is 19.5 Å². The van der Waals surface area contributed by atoms with E-state index in [0.717, 1.165) is 54.4 Å². The first-order valence-corrected chi connectivity index (χ1v) is 12.8. The van der Waals surface area contributed by atoms with Crippen molar-refractivity contribution in [3.63, 3.8) is 0 Å². The van der Waals surface area contributed by atoms with Crippen LogP contribution in [0, 0.1) is 11.3 Å². The maximum absolute atomic E-state index is 13.3. The Bertz CT molecular complexity index is 1070. The van der Waals surface area contributed by atoms with E-state index in [4.69, 9.17) is 4.74 Å². The third kappa shape index (κ3) is 5.55. The Kier molecular flexibility index (Phi) is 7.67. The number of alkyl carbamates (subject to hydrolysis) is 1. The summed E-state index contributed by atoms with van der Waals surface area (Å²) in [7, 11) is 0. The summed E-state index contributed by atoms with van der Waals surface area (Å²) in [5, 5.41) is 15.1. The first-order chi connectivity index (χ1) is 17.2. The Morgan fingerprint density at radius 2 is 1.47 bits per heavy atom. The molecule has 2 atom stereocenters. The predicted molar refractivity (Wildman–Crippen MR) is 138 cm³/mol. The molecule has 2 aliphatic carbocycles. The summed E-state index contributed by atoms with van der Waals surface area (Å²) < 4.78 is 5.68. The summed E-state index contributed by atoms with van der Waals surface area (Å²) in [5.74, 6) is -1.71. The van der Waals surface area contributed by atoms with Crippen LogP contribution in [0.15, 0.2) is 48.5 Å². The lowest BCUT2D eigenvalue weighted by atomic mass is 9.82. The molecule has 192 valence electrons. The molecule has 2 aromatic carbocycles. The first kappa shape index (κ1) is 25.7. The van der Waals surface area contributed by atoms with Crippen molar-refractivity contribution < 1.29 is 24.2 Å². The van der Waals surface area contributed by atoms with Gasteiger partial charge >= 0.3 is 12.1 Å². The van der Waals surface area contributed by atoms with Crippen LogP contribution in [0.3, 0.4) is 0 Å². The Balaban J connectivity index is 1.47. The molecule has 2 aromatic rings. The van der Waals surface area contributed by atoms with E-state index >= 15 is 0 Å². The third-order valence-electron chi connectivity index (χ3n) is 7.42. The SMILES string of the molecule is CC(C)(C)[C@H](NC(=O)[C@@H](NC(=O)OCC1c2ccccc2-c2ccccc21)C1CCCCC1)C(=O)O. The molecule has 1 fully saturated rings. The lowest BCUT2D eigenvalue weighted by Crippen LogP contribution is -2.57. The van der Waals surface area contributed by atoms with Gasteiger partial charge < -0.3 is 20.5 Å². The van der Waals surface area contributed by atoms with Crippen LogP contribution in [-0.2, 0) is 14.3 Å². The molecule has 7 heteroatoms. The monoisotopic (exact) mass is 492 g/mol. The number of aliphatic carboxylic acids is 1. The van der Waals surface area contributed by atoms with Gasteiger partial charge in [-0.2, -0.15) is 0 Å². The fraction of sp³-hybridized carbons (Fsp3) is 0.483. The second kappa shape index (κ2) is 10.7. The molecule has 0 aliphatic heterocycles. The fourth-order valence-corrected chi connectivity index (χ4v) is 5.51. The molecule has 0 heterocycles. The van der Waals surface area contributed by atoms with Gasteiger partial charge in [0.1, 0.15) is 18.7 Å². The van der Waals surface area contributed by atoms with Crippen molar-refractivity contribution >= 4 is 18.0 Å². The number of rotatable bonds is 7. The molecule has 0 unspecified atom stereocenters. The molecule has 0 saturated heterocycles. The van der Waals surface area contributed by atoms with E-state index in [0.29, 0.717) is 0 Å². The highest BCUT2D eigenvalue weighted by Gasteiger charge is 2.38. The minimum atomic E-state index is -1.10. The van der Waals surface area contributed by atoms with E-state index in [1.807, 2.05) is 24.3 Å². The van der Waals surface area contributed by atoms with Crippen LogP contribution in [0.4, 0.5) is 4.79 Å². The number of benzene rings is 2. The van der Waals surface area contributed by atoms with Gasteiger partial charge in [0, 0.05) is 5.92 Å². The van der Waals surface area contributed by atoms with E-state index in [-0.39, 0.29) is 18.4 Å². The van der Waals surface area contributed by atoms with Gasteiger partial charge in [0.15, 0.2) is 0 Å². The zero-order chi connectivity index (χ0) is 25.9. The molecule has 36 heavy (non-hydrogen) atoms. The second-order valence-electron chi connectivity index (χ2n) is 11.0. The number of carboxylic acids is 1. The third-order valence-corrected chi connectivity index (χ3v) is 7.42. The molecule has 0 aromatic heterocycles. The summed E-state index contributed by atoms with van der Waals surface area (Å²) in [6.07, 6.45) is 3.98. The number of ether oxygens (including phenoxy) is 1. The number of carbonyl (C=O) groups excluding carboxylic acids is 2. The van der Waals surface area contributed by atoms with Crippen molar-refractivity contribution in [1.29, 1.82) is 0 Å². The van der Waals surface area contributed by atoms with Gasteiger partial charge in [-0.15, -0.1) is 0 Å². The summed E-state index contributed by atoms with van der Waals surface area (Å²) in [4.78, 5) is 38.1. The Hall–Kier alpha value is -3.35. The highest BCUT2D eigenvalue weighted by molar-refractivity contribution is 5.90. The molecule has 1 saturated carbocycles. The number of hydrogen-bond donors (Lipinski definition) is 3. The molecule has 2 aliphatic rings. The normalized spacial score (nSPS) is 17.4. The maximum Gasteiger partial charge on any atom is 0.407 e. The topological polar surface area (TPSA) is 105 Å². The molecular weight excluding hydrogens is 456 g/mol. The Morgan fingerprint density at radius 1 is 0.917 bits per heavy atom. The van der Waals surface area contributed by atoms with Crippen LogP contribution in [0.25, 0.3) is 11.1 Å². The van der Waals surface area contributed by atoms with Crippen molar-refractivity contribution in [1.82, 2.24) is 10.6 Å². The van der Waals surface area contributed by atoms with Gasteiger partial charge in [-0.3, -0.25) is 4.79 Å². The van der Waals surface area contributed by atoms with Crippen LogP contribution in [0.1, 0.15) is 69.9 Å². The minimum absolute atomic E-state index is 0.0614. The molecule has 0 radical (unpaired) electrons. The lowest BCUT2D eigenvalue weighted by molar-refractivity contribution is -0.145. The number of carbonyl (C=O) groups is 3. The minimum Gasteiger partial charge on any atom is -0.480 e. The number of carboxylic acid groups (broad SMARTS) is 1. The van der Waals surface area contributed by atoms with Crippen molar-refractivity contribution in [3.8, 4) is 11.1 Å². The van der Waals surface area contributed by atoms with Crippen LogP contribution < -0.4 is 10.6 Å². The highest BCUT2D eigenvalue weighted by Crippen LogP contribution is 2.44. The summed E-state index contributed by atoms with van der Waals surface area (Å²) in [5.41, 5.74) is 3.83. The number of nitrogens with one attached hydrogen (secondary N) is 2. The van der Waals surface area contributed by atoms with E-state index in [1.165, 1.54) is 0 Å². The standard InChI is InChI=1S/C29H36N2O5/c1-29(2,3)25(27(33)34)31-26(32)24(18-11-5-4-6-12-18)30-28(35)36-17-23-21-15-9-7-13-19(21)20-14-8-10-16-22(20)23/h7-10,13-16,18,23-25H,4-6,11-12,17H2,1-3H3,(H,30,35)(H,31,32)(H,33,34)/t24-,25+/m0/s1. The second-order valence-corrected chi connectivity index (χ2v) is 11.0. The smallest absolute Gasteiger partial charge is 0.407 e. The quantitative estimate of drug-likeness (QED) is 0.499. The summed E-state index contributed by atoms with van der Waals surface area (Å²) in [6.45, 7) is 5.45. The summed E-state index contributed by atoms with van der Waals surface area (Å²) in [6, 6.07) is 14.3. The van der Waals surface area contributed by atoms with E-state index in [2.05, 4.69) is 34.9 Å². The number of fused-ring (bicyclic) bond motifs is 3. The maximum atomic E-state index is 13.3. The lowest BCUT2D eigenvalue weighted by Gasteiger charge is -2.33. The van der Waals surface area contributed by atoms with Gasteiger partial charge in [0.05, 0.1) is 0 Å². The van der Waals surface area contributed by atoms with Crippen LogP contribution in [0.5, 0.6) is 0 Å². The largest absolute Gasteiger partial charge is 0.480 e. The van der Waals surface area contributed by atoms with Crippen molar-refractivity contribution in [2.24, 2.45) is 11.3 Å². The zero-order valence-corrected chi connectivity index (χ0v) is 21.3. The molecule has 0 bridgehead atoms. The average Bonchev–Trinajstić information content (AvgIpc) is 3.17. The molecular formula is C29H36N2O5. The van der Waals surface area contributed by atoms with Crippen molar-refractivity contribution in [3.05, 3.63) is 59.7 Å².